The number of carbonyl (C=O) groups excluding carboxylic acids is 2. The summed E-state index contributed by atoms with van der Waals surface area (Å²) in [6.07, 6.45) is 0.297. The molecule has 0 aliphatic heterocycles. The van der Waals surface area contributed by atoms with E-state index >= 15 is 0 Å². The highest BCUT2D eigenvalue weighted by Crippen LogP contribution is 2.18. The SMILES string of the molecule is NC(=O)CCC(=O)c1cc(I)ccc1I. The van der Waals surface area contributed by atoms with E-state index in [0.29, 0.717) is 5.56 Å². The van der Waals surface area contributed by atoms with Gasteiger partial charge in [0.05, 0.1) is 0 Å². The molecule has 0 aliphatic rings. The van der Waals surface area contributed by atoms with Gasteiger partial charge in [0.25, 0.3) is 0 Å². The van der Waals surface area contributed by atoms with Gasteiger partial charge in [0.1, 0.15) is 0 Å². The van der Waals surface area contributed by atoms with Crippen LogP contribution in [0.15, 0.2) is 18.2 Å². The quantitative estimate of drug-likeness (QED) is 0.591. The molecule has 0 fully saturated rings. The maximum absolute atomic E-state index is 11.7. The lowest BCUT2D eigenvalue weighted by atomic mass is 10.1. The molecule has 0 saturated carbocycles. The second-order valence-corrected chi connectivity index (χ2v) is 5.42. The summed E-state index contributed by atoms with van der Waals surface area (Å²) >= 11 is 4.26. The van der Waals surface area contributed by atoms with Gasteiger partial charge in [-0.05, 0) is 63.4 Å². The van der Waals surface area contributed by atoms with E-state index in [2.05, 4.69) is 45.2 Å². The van der Waals surface area contributed by atoms with Crippen LogP contribution in [0.25, 0.3) is 0 Å². The van der Waals surface area contributed by atoms with Gasteiger partial charge in [0, 0.05) is 25.5 Å². The van der Waals surface area contributed by atoms with Crippen molar-refractivity contribution in [2.24, 2.45) is 5.73 Å². The molecule has 1 amide bonds. The Morgan fingerprint density at radius 2 is 1.87 bits per heavy atom. The van der Waals surface area contributed by atoms with Gasteiger partial charge in [-0.25, -0.2) is 0 Å². The van der Waals surface area contributed by atoms with Gasteiger partial charge in [-0.3, -0.25) is 9.59 Å². The van der Waals surface area contributed by atoms with E-state index in [1.165, 1.54) is 0 Å². The molecule has 0 saturated heterocycles. The van der Waals surface area contributed by atoms with E-state index in [9.17, 15) is 9.59 Å². The van der Waals surface area contributed by atoms with E-state index < -0.39 is 5.91 Å². The van der Waals surface area contributed by atoms with Crippen molar-refractivity contribution < 1.29 is 9.59 Å². The lowest BCUT2D eigenvalue weighted by Crippen LogP contribution is -2.13. The number of nitrogens with two attached hydrogens (primary N) is 1. The fourth-order valence-electron chi connectivity index (χ4n) is 1.08. The van der Waals surface area contributed by atoms with E-state index in [1.807, 2.05) is 18.2 Å². The highest BCUT2D eigenvalue weighted by atomic mass is 127. The van der Waals surface area contributed by atoms with Gasteiger partial charge in [-0.2, -0.15) is 0 Å². The molecule has 1 aromatic carbocycles. The maximum Gasteiger partial charge on any atom is 0.217 e. The number of carbonyl (C=O) groups is 2. The molecule has 1 rings (SSSR count). The molecule has 0 radical (unpaired) electrons. The minimum Gasteiger partial charge on any atom is -0.370 e. The average Bonchev–Trinajstić information content (AvgIpc) is 2.18. The molecule has 80 valence electrons. The third kappa shape index (κ3) is 4.06. The standard InChI is InChI=1S/C10H9I2NO2/c11-6-1-2-8(12)7(5-6)9(14)3-4-10(13)15/h1-2,5H,3-4H2,(H2,13,15). The number of ketones is 1. The third-order valence-electron chi connectivity index (χ3n) is 1.83. The molecule has 0 atom stereocenters. The Hall–Kier alpha value is -0.180. The second-order valence-electron chi connectivity index (χ2n) is 3.01. The van der Waals surface area contributed by atoms with E-state index in [0.717, 1.165) is 7.14 Å². The van der Waals surface area contributed by atoms with Gasteiger partial charge in [-0.15, -0.1) is 0 Å². The average molecular weight is 429 g/mol. The molecule has 5 heteroatoms. The molecule has 0 spiro atoms. The molecule has 2 N–H and O–H groups in total. The zero-order valence-corrected chi connectivity index (χ0v) is 12.1. The van der Waals surface area contributed by atoms with E-state index in [-0.39, 0.29) is 18.6 Å². The van der Waals surface area contributed by atoms with Crippen LogP contribution in [0.5, 0.6) is 0 Å². The lowest BCUT2D eigenvalue weighted by molar-refractivity contribution is -0.118. The zero-order chi connectivity index (χ0) is 11.4. The largest absolute Gasteiger partial charge is 0.370 e. The van der Waals surface area contributed by atoms with Crippen molar-refractivity contribution in [3.05, 3.63) is 30.9 Å². The van der Waals surface area contributed by atoms with Gasteiger partial charge >= 0.3 is 0 Å². The van der Waals surface area contributed by atoms with Crippen LogP contribution in [-0.2, 0) is 4.79 Å². The Morgan fingerprint density at radius 1 is 1.20 bits per heavy atom. The summed E-state index contributed by atoms with van der Waals surface area (Å²) in [6, 6.07) is 5.65. The number of amides is 1. The van der Waals surface area contributed by atoms with Gasteiger partial charge < -0.3 is 5.73 Å². The molecule has 15 heavy (non-hydrogen) atoms. The van der Waals surface area contributed by atoms with Crippen molar-refractivity contribution in [3.8, 4) is 0 Å². The number of Topliss-reactive ketones (excluding diaryl/α,β-unsaturated/α-hetero) is 1. The van der Waals surface area contributed by atoms with E-state index in [4.69, 9.17) is 5.73 Å². The molecule has 3 nitrogen and oxygen atoms in total. The number of benzene rings is 1. The molecule has 0 bridgehead atoms. The van der Waals surface area contributed by atoms with Crippen molar-refractivity contribution in [1.82, 2.24) is 0 Å². The Bertz CT molecular complexity index is 404. The summed E-state index contributed by atoms with van der Waals surface area (Å²) in [5.41, 5.74) is 5.66. The highest BCUT2D eigenvalue weighted by molar-refractivity contribution is 14.1. The van der Waals surface area contributed by atoms with Crippen LogP contribution >= 0.6 is 45.2 Å². The first kappa shape index (κ1) is 12.9. The van der Waals surface area contributed by atoms with Crippen LogP contribution < -0.4 is 5.73 Å². The molecular weight excluding hydrogens is 420 g/mol. The zero-order valence-electron chi connectivity index (χ0n) is 7.80. The normalized spacial score (nSPS) is 10.0. The molecule has 0 aliphatic carbocycles. The topological polar surface area (TPSA) is 60.2 Å². The fraction of sp³-hybridized carbons (Fsp3) is 0.200. The lowest BCUT2D eigenvalue weighted by Gasteiger charge is -2.03. The molecular formula is C10H9I2NO2. The molecule has 1 aromatic rings. The van der Waals surface area contributed by atoms with Crippen molar-refractivity contribution >= 4 is 56.9 Å². The Labute approximate surface area is 115 Å². The second kappa shape index (κ2) is 5.78. The summed E-state index contributed by atoms with van der Waals surface area (Å²) in [6.45, 7) is 0. The van der Waals surface area contributed by atoms with Crippen LogP contribution in [0.2, 0.25) is 0 Å². The van der Waals surface area contributed by atoms with Gasteiger partial charge in [0.15, 0.2) is 5.78 Å². The number of rotatable bonds is 4. The van der Waals surface area contributed by atoms with Crippen molar-refractivity contribution in [3.63, 3.8) is 0 Å². The summed E-state index contributed by atoms with van der Waals surface area (Å²) in [5.74, 6) is -0.472. The van der Waals surface area contributed by atoms with Crippen molar-refractivity contribution in [1.29, 1.82) is 0 Å². The molecule has 0 heterocycles. The van der Waals surface area contributed by atoms with Crippen LogP contribution in [-0.4, -0.2) is 11.7 Å². The Morgan fingerprint density at radius 3 is 2.47 bits per heavy atom. The number of halogens is 2. The van der Waals surface area contributed by atoms with Crippen molar-refractivity contribution in [2.45, 2.75) is 12.8 Å². The summed E-state index contributed by atoms with van der Waals surface area (Å²) < 4.78 is 1.91. The summed E-state index contributed by atoms with van der Waals surface area (Å²) in [7, 11) is 0. The first-order valence-corrected chi connectivity index (χ1v) is 6.43. The predicted octanol–water partition coefficient (Wildman–Crippen LogP) is 2.34. The molecule has 0 aromatic heterocycles. The monoisotopic (exact) mass is 429 g/mol. The number of primary amides is 1. The van der Waals surface area contributed by atoms with Crippen LogP contribution in [0, 0.1) is 7.14 Å². The minimum absolute atomic E-state index is 0.0308. The predicted molar refractivity (Wildman–Crippen MR) is 74.6 cm³/mol. The smallest absolute Gasteiger partial charge is 0.217 e. The molecule has 0 unspecified atom stereocenters. The van der Waals surface area contributed by atoms with E-state index in [1.54, 1.807) is 0 Å². The van der Waals surface area contributed by atoms with Crippen molar-refractivity contribution in [2.75, 3.05) is 0 Å². The minimum atomic E-state index is -0.441. The van der Waals surface area contributed by atoms with Crippen LogP contribution in [0.1, 0.15) is 23.2 Å². The summed E-state index contributed by atoms with van der Waals surface area (Å²) in [5, 5.41) is 0. The third-order valence-corrected chi connectivity index (χ3v) is 3.44. The first-order valence-electron chi connectivity index (χ1n) is 4.27. The van der Waals surface area contributed by atoms with Crippen LogP contribution in [0.4, 0.5) is 0 Å². The van der Waals surface area contributed by atoms with Crippen LogP contribution in [0.3, 0.4) is 0 Å². The van der Waals surface area contributed by atoms with Gasteiger partial charge in [-0.1, -0.05) is 0 Å². The first-order chi connectivity index (χ1) is 7.00. The Balaban J connectivity index is 2.81. The number of hydrogen-bond acceptors (Lipinski definition) is 2. The number of hydrogen-bond donors (Lipinski definition) is 1. The Kier molecular flexibility index (Phi) is 4.97. The highest BCUT2D eigenvalue weighted by Gasteiger charge is 2.11. The van der Waals surface area contributed by atoms with Gasteiger partial charge in [0.2, 0.25) is 5.91 Å². The fourth-order valence-corrected chi connectivity index (χ4v) is 2.21. The maximum atomic E-state index is 11.7. The summed E-state index contributed by atoms with van der Waals surface area (Å²) in [4.78, 5) is 22.3.